The molecule has 0 saturated heterocycles. The summed E-state index contributed by atoms with van der Waals surface area (Å²) in [5, 5.41) is 25.2. The second kappa shape index (κ2) is 8.73. The van der Waals surface area contributed by atoms with Crippen LogP contribution in [0.15, 0.2) is 60.7 Å². The Morgan fingerprint density at radius 1 is 1.00 bits per heavy atom. The smallest absolute Gasteiger partial charge is 0.359 e. The molecule has 0 fully saturated rings. The lowest BCUT2D eigenvalue weighted by Crippen LogP contribution is -2.24. The van der Waals surface area contributed by atoms with Gasteiger partial charge in [-0.25, -0.2) is 4.79 Å². The number of carboxylic acids is 1. The molecule has 5 nitrogen and oxygen atoms in total. The van der Waals surface area contributed by atoms with Crippen molar-refractivity contribution in [2.45, 2.75) is 6.10 Å². The summed E-state index contributed by atoms with van der Waals surface area (Å²) in [6, 6.07) is 21.0. The van der Waals surface area contributed by atoms with Crippen LogP contribution in [0.5, 0.6) is 5.75 Å². The number of carboxylic acid groups (broad SMARTS) is 1. The number of benzene rings is 2. The molecular weight excluding hydrogens is 268 g/mol. The summed E-state index contributed by atoms with van der Waals surface area (Å²) in [4.78, 5) is 10.4. The van der Waals surface area contributed by atoms with Crippen LogP contribution in [0, 0.1) is 22.7 Å². The highest BCUT2D eigenvalue weighted by molar-refractivity contribution is 5.75. The fourth-order valence-corrected chi connectivity index (χ4v) is 1.28. The molecule has 0 heterocycles. The van der Waals surface area contributed by atoms with Crippen molar-refractivity contribution in [3.63, 3.8) is 0 Å². The molecule has 0 aliphatic rings. The van der Waals surface area contributed by atoms with Gasteiger partial charge in [-0.3, -0.25) is 0 Å². The third kappa shape index (κ3) is 5.91. The first kappa shape index (κ1) is 15.7. The van der Waals surface area contributed by atoms with Gasteiger partial charge in [0, 0.05) is 0 Å². The maximum Gasteiger partial charge on any atom is 0.359 e. The number of nitrogens with zero attached hydrogens (tertiary/aromatic N) is 2. The fourth-order valence-electron chi connectivity index (χ4n) is 1.28. The Morgan fingerprint density at radius 2 is 1.52 bits per heavy atom. The number of aliphatic carboxylic acids is 1. The first-order valence-corrected chi connectivity index (χ1v) is 5.96. The SMILES string of the molecule is N#CC(Oc1ccccc1)C(=O)O.N#Cc1ccccc1. The second-order valence-electron chi connectivity index (χ2n) is 3.76. The van der Waals surface area contributed by atoms with Crippen molar-refractivity contribution in [2.24, 2.45) is 0 Å². The van der Waals surface area contributed by atoms with Crippen molar-refractivity contribution >= 4 is 5.97 Å². The van der Waals surface area contributed by atoms with Crippen molar-refractivity contribution in [2.75, 3.05) is 0 Å². The molecule has 104 valence electrons. The molecule has 1 unspecified atom stereocenters. The molecule has 5 heteroatoms. The van der Waals surface area contributed by atoms with Gasteiger partial charge in [-0.15, -0.1) is 0 Å². The van der Waals surface area contributed by atoms with Gasteiger partial charge in [-0.2, -0.15) is 10.5 Å². The van der Waals surface area contributed by atoms with Gasteiger partial charge >= 0.3 is 5.97 Å². The van der Waals surface area contributed by atoms with E-state index in [1.165, 1.54) is 6.07 Å². The monoisotopic (exact) mass is 280 g/mol. The predicted octanol–water partition coefficient (Wildman–Crippen LogP) is 2.60. The number of carbonyl (C=O) groups is 1. The largest absolute Gasteiger partial charge is 0.478 e. The Bertz CT molecular complexity index is 643. The van der Waals surface area contributed by atoms with E-state index in [1.807, 2.05) is 24.3 Å². The van der Waals surface area contributed by atoms with Crippen molar-refractivity contribution < 1.29 is 14.6 Å². The summed E-state index contributed by atoms with van der Waals surface area (Å²) < 4.78 is 4.86. The highest BCUT2D eigenvalue weighted by atomic mass is 16.5. The van der Waals surface area contributed by atoms with E-state index >= 15 is 0 Å². The van der Waals surface area contributed by atoms with E-state index in [0.717, 1.165) is 0 Å². The molecule has 0 amide bonds. The zero-order valence-corrected chi connectivity index (χ0v) is 11.0. The van der Waals surface area contributed by atoms with Crippen LogP contribution in [0.4, 0.5) is 0 Å². The van der Waals surface area contributed by atoms with Crippen LogP contribution in [-0.4, -0.2) is 17.2 Å². The van der Waals surface area contributed by atoms with Gasteiger partial charge in [0.05, 0.1) is 11.6 Å². The second-order valence-corrected chi connectivity index (χ2v) is 3.76. The number of para-hydroxylation sites is 1. The lowest BCUT2D eigenvalue weighted by Gasteiger charge is -2.06. The summed E-state index contributed by atoms with van der Waals surface area (Å²) in [6.45, 7) is 0. The highest BCUT2D eigenvalue weighted by Gasteiger charge is 2.17. The number of hydrogen-bond acceptors (Lipinski definition) is 4. The Balaban J connectivity index is 0.000000235. The summed E-state index contributed by atoms with van der Waals surface area (Å²) in [6.07, 6.45) is -1.44. The zero-order valence-electron chi connectivity index (χ0n) is 11.0. The average molecular weight is 280 g/mol. The number of hydrogen-bond donors (Lipinski definition) is 1. The van der Waals surface area contributed by atoms with Crippen molar-refractivity contribution in [3.8, 4) is 17.9 Å². The van der Waals surface area contributed by atoms with Crippen molar-refractivity contribution in [1.82, 2.24) is 0 Å². The highest BCUT2D eigenvalue weighted by Crippen LogP contribution is 2.10. The van der Waals surface area contributed by atoms with E-state index in [-0.39, 0.29) is 0 Å². The zero-order chi connectivity index (χ0) is 15.5. The Kier molecular flexibility index (Phi) is 6.55. The van der Waals surface area contributed by atoms with Gasteiger partial charge < -0.3 is 9.84 Å². The molecule has 0 saturated carbocycles. The lowest BCUT2D eigenvalue weighted by atomic mass is 10.2. The fraction of sp³-hybridized carbons (Fsp3) is 0.0625. The summed E-state index contributed by atoms with van der Waals surface area (Å²) in [5.41, 5.74) is 0.715. The van der Waals surface area contributed by atoms with Crippen LogP contribution in [0.1, 0.15) is 5.56 Å². The Hall–Kier alpha value is -3.31. The van der Waals surface area contributed by atoms with E-state index < -0.39 is 12.1 Å². The molecule has 0 aliphatic heterocycles. The van der Waals surface area contributed by atoms with Gasteiger partial charge in [0.2, 0.25) is 0 Å². The van der Waals surface area contributed by atoms with Gasteiger partial charge in [0.1, 0.15) is 11.8 Å². The standard InChI is InChI=1S/C9H7NO3.C7H5N/c10-6-8(9(11)12)13-7-4-2-1-3-5-7;8-6-7-4-2-1-3-5-7/h1-5,8H,(H,11,12);1-5H. The molecule has 0 radical (unpaired) electrons. The normalized spacial score (nSPS) is 10.0. The Labute approximate surface area is 122 Å². The molecule has 0 bridgehead atoms. The van der Waals surface area contributed by atoms with Crippen LogP contribution in [0.25, 0.3) is 0 Å². The van der Waals surface area contributed by atoms with Gasteiger partial charge in [-0.1, -0.05) is 36.4 Å². The van der Waals surface area contributed by atoms with Crippen LogP contribution in [-0.2, 0) is 4.79 Å². The third-order valence-corrected chi connectivity index (χ3v) is 2.24. The Morgan fingerprint density at radius 3 is 1.90 bits per heavy atom. The van der Waals surface area contributed by atoms with Crippen LogP contribution >= 0.6 is 0 Å². The van der Waals surface area contributed by atoms with Crippen LogP contribution in [0.3, 0.4) is 0 Å². The van der Waals surface area contributed by atoms with Gasteiger partial charge in [0.25, 0.3) is 6.10 Å². The number of nitriles is 2. The van der Waals surface area contributed by atoms with E-state index in [2.05, 4.69) is 0 Å². The number of rotatable bonds is 3. The minimum Gasteiger partial charge on any atom is -0.478 e. The molecule has 0 aromatic heterocycles. The van der Waals surface area contributed by atoms with Crippen LogP contribution in [0.2, 0.25) is 0 Å². The van der Waals surface area contributed by atoms with Crippen molar-refractivity contribution in [3.05, 3.63) is 66.2 Å². The summed E-state index contributed by atoms with van der Waals surface area (Å²) in [5.74, 6) is -0.914. The molecule has 2 rings (SSSR count). The third-order valence-electron chi connectivity index (χ3n) is 2.24. The first-order valence-electron chi connectivity index (χ1n) is 5.96. The van der Waals surface area contributed by atoms with Gasteiger partial charge in [-0.05, 0) is 24.3 Å². The lowest BCUT2D eigenvalue weighted by molar-refractivity contribution is -0.142. The molecule has 1 atom stereocenters. The van der Waals surface area contributed by atoms with E-state index in [4.69, 9.17) is 20.4 Å². The average Bonchev–Trinajstić information content (AvgIpc) is 2.54. The molecule has 2 aromatic rings. The molecule has 0 aliphatic carbocycles. The minimum absolute atomic E-state index is 0.372. The summed E-state index contributed by atoms with van der Waals surface area (Å²) in [7, 11) is 0. The maximum absolute atomic E-state index is 10.4. The van der Waals surface area contributed by atoms with Crippen LogP contribution < -0.4 is 4.74 Å². The maximum atomic E-state index is 10.4. The van der Waals surface area contributed by atoms with E-state index in [1.54, 1.807) is 42.5 Å². The van der Waals surface area contributed by atoms with Crippen molar-refractivity contribution in [1.29, 1.82) is 10.5 Å². The minimum atomic E-state index is -1.44. The van der Waals surface area contributed by atoms with E-state index in [9.17, 15) is 4.79 Å². The summed E-state index contributed by atoms with van der Waals surface area (Å²) >= 11 is 0. The first-order chi connectivity index (χ1) is 10.2. The number of ether oxygens (including phenoxy) is 1. The topological polar surface area (TPSA) is 94.1 Å². The molecular formula is C16H12N2O3. The molecule has 1 N–H and O–H groups in total. The van der Waals surface area contributed by atoms with E-state index in [0.29, 0.717) is 11.3 Å². The predicted molar refractivity (Wildman–Crippen MR) is 75.3 cm³/mol. The van der Waals surface area contributed by atoms with Gasteiger partial charge in [0.15, 0.2) is 0 Å². The molecule has 2 aromatic carbocycles. The quantitative estimate of drug-likeness (QED) is 0.932. The molecule has 21 heavy (non-hydrogen) atoms. The molecule has 0 spiro atoms.